The summed E-state index contributed by atoms with van der Waals surface area (Å²) in [6, 6.07) is 11.7. The SMILES string of the molecule is O=C(c1ccc(-c2cncc(-c3ccnc(C4CC4)c3)c2)c(Cl)c1)N1CCC(O)CC1. The predicted molar refractivity (Wildman–Crippen MR) is 121 cm³/mol. The second-order valence-corrected chi connectivity index (χ2v) is 8.83. The quantitative estimate of drug-likeness (QED) is 0.633. The van der Waals surface area contributed by atoms with Crippen LogP contribution in [0.5, 0.6) is 0 Å². The Morgan fingerprint density at radius 3 is 2.48 bits per heavy atom. The number of carbonyl (C=O) groups is 1. The molecule has 31 heavy (non-hydrogen) atoms. The minimum atomic E-state index is -0.310. The molecule has 0 atom stereocenters. The van der Waals surface area contributed by atoms with Gasteiger partial charge in [-0.15, -0.1) is 0 Å². The summed E-state index contributed by atoms with van der Waals surface area (Å²) >= 11 is 6.59. The highest BCUT2D eigenvalue weighted by Gasteiger charge is 2.25. The summed E-state index contributed by atoms with van der Waals surface area (Å²) in [7, 11) is 0. The van der Waals surface area contributed by atoms with Crippen molar-refractivity contribution in [1.29, 1.82) is 0 Å². The van der Waals surface area contributed by atoms with Crippen molar-refractivity contribution in [2.75, 3.05) is 13.1 Å². The fraction of sp³-hybridized carbons (Fsp3) is 0.320. The number of aliphatic hydroxyl groups excluding tert-OH is 1. The molecule has 0 spiro atoms. The second kappa shape index (κ2) is 8.40. The van der Waals surface area contributed by atoms with Gasteiger partial charge in [0.1, 0.15) is 0 Å². The van der Waals surface area contributed by atoms with E-state index in [0.29, 0.717) is 42.4 Å². The first kappa shape index (κ1) is 20.2. The Balaban J connectivity index is 1.40. The molecule has 1 N–H and O–H groups in total. The van der Waals surface area contributed by atoms with E-state index in [1.807, 2.05) is 30.6 Å². The van der Waals surface area contributed by atoms with Crippen LogP contribution in [-0.2, 0) is 0 Å². The van der Waals surface area contributed by atoms with Crippen LogP contribution in [0.1, 0.15) is 47.7 Å². The van der Waals surface area contributed by atoms with E-state index >= 15 is 0 Å². The summed E-state index contributed by atoms with van der Waals surface area (Å²) < 4.78 is 0. The highest BCUT2D eigenvalue weighted by Crippen LogP contribution is 2.40. The van der Waals surface area contributed by atoms with Gasteiger partial charge in [0.2, 0.25) is 0 Å². The van der Waals surface area contributed by atoms with Crippen molar-refractivity contribution >= 4 is 17.5 Å². The number of aliphatic hydroxyl groups is 1. The molecule has 0 radical (unpaired) electrons. The number of nitrogens with zero attached hydrogens (tertiary/aromatic N) is 3. The monoisotopic (exact) mass is 433 g/mol. The van der Waals surface area contributed by atoms with Gasteiger partial charge in [-0.1, -0.05) is 17.7 Å². The molecule has 6 heteroatoms. The lowest BCUT2D eigenvalue weighted by Crippen LogP contribution is -2.40. The Kier molecular flexibility index (Phi) is 5.47. The molecule has 3 heterocycles. The van der Waals surface area contributed by atoms with E-state index in [4.69, 9.17) is 11.6 Å². The summed E-state index contributed by atoms with van der Waals surface area (Å²) in [6.07, 6.45) is 8.87. The average Bonchev–Trinajstić information content (AvgIpc) is 3.65. The number of amides is 1. The molecule has 158 valence electrons. The van der Waals surface area contributed by atoms with Crippen molar-refractivity contribution < 1.29 is 9.90 Å². The standard InChI is InChI=1S/C25H24ClN3O2/c26-23-12-18(25(31)29-9-6-21(30)7-10-29)3-4-22(23)20-11-19(14-27-15-20)17-5-8-28-24(13-17)16-1-2-16/h3-5,8,11-16,21,30H,1-2,6-7,9-10H2. The van der Waals surface area contributed by atoms with E-state index < -0.39 is 0 Å². The van der Waals surface area contributed by atoms with Crippen molar-refractivity contribution in [2.45, 2.75) is 37.7 Å². The van der Waals surface area contributed by atoms with Gasteiger partial charge in [0, 0.05) is 70.6 Å². The van der Waals surface area contributed by atoms with Crippen LogP contribution in [0.2, 0.25) is 5.02 Å². The molecule has 5 nitrogen and oxygen atoms in total. The van der Waals surface area contributed by atoms with Crippen LogP contribution in [-0.4, -0.2) is 45.1 Å². The lowest BCUT2D eigenvalue weighted by molar-refractivity contribution is 0.0546. The molecule has 1 aliphatic carbocycles. The number of rotatable bonds is 4. The first-order valence-electron chi connectivity index (χ1n) is 10.8. The lowest BCUT2D eigenvalue weighted by atomic mass is 10.00. The number of piperidine rings is 1. The summed E-state index contributed by atoms with van der Waals surface area (Å²) in [5.41, 5.74) is 5.59. The number of aromatic nitrogens is 2. The molecule has 2 aromatic heterocycles. The maximum absolute atomic E-state index is 12.8. The number of halogens is 1. The highest BCUT2D eigenvalue weighted by atomic mass is 35.5. The largest absolute Gasteiger partial charge is 0.393 e. The molecule has 5 rings (SSSR count). The smallest absolute Gasteiger partial charge is 0.253 e. The number of likely N-dealkylation sites (tertiary alicyclic amines) is 1. The van der Waals surface area contributed by atoms with Gasteiger partial charge in [-0.2, -0.15) is 0 Å². The fourth-order valence-electron chi connectivity index (χ4n) is 4.11. The molecule has 2 aliphatic rings. The highest BCUT2D eigenvalue weighted by molar-refractivity contribution is 6.33. The zero-order valence-corrected chi connectivity index (χ0v) is 17.9. The first-order valence-corrected chi connectivity index (χ1v) is 11.1. The third kappa shape index (κ3) is 4.34. The predicted octanol–water partition coefficient (Wildman–Crippen LogP) is 4.94. The van der Waals surface area contributed by atoms with Gasteiger partial charge in [0.05, 0.1) is 6.10 Å². The maximum Gasteiger partial charge on any atom is 0.253 e. The summed E-state index contributed by atoms with van der Waals surface area (Å²) in [6.45, 7) is 1.14. The van der Waals surface area contributed by atoms with Crippen LogP contribution in [0.15, 0.2) is 55.0 Å². The normalized spacial score (nSPS) is 17.0. The van der Waals surface area contributed by atoms with E-state index in [9.17, 15) is 9.90 Å². The molecular weight excluding hydrogens is 410 g/mol. The Bertz CT molecular complexity index is 1120. The molecule has 1 amide bonds. The Morgan fingerprint density at radius 2 is 1.74 bits per heavy atom. The van der Waals surface area contributed by atoms with Gasteiger partial charge in [0.15, 0.2) is 0 Å². The molecule has 2 fully saturated rings. The third-order valence-electron chi connectivity index (χ3n) is 6.13. The summed E-state index contributed by atoms with van der Waals surface area (Å²) in [5.74, 6) is 0.551. The van der Waals surface area contributed by atoms with Gasteiger partial charge >= 0.3 is 0 Å². The Labute approximate surface area is 186 Å². The number of pyridine rings is 2. The van der Waals surface area contributed by atoms with Crippen LogP contribution in [0.3, 0.4) is 0 Å². The first-order chi connectivity index (χ1) is 15.1. The van der Waals surface area contributed by atoms with E-state index in [1.165, 1.54) is 12.8 Å². The van der Waals surface area contributed by atoms with E-state index in [-0.39, 0.29) is 12.0 Å². The molecule has 1 aliphatic heterocycles. The van der Waals surface area contributed by atoms with Crippen molar-refractivity contribution in [2.24, 2.45) is 0 Å². The van der Waals surface area contributed by atoms with Crippen molar-refractivity contribution in [3.63, 3.8) is 0 Å². The lowest BCUT2D eigenvalue weighted by Gasteiger charge is -2.29. The summed E-state index contributed by atoms with van der Waals surface area (Å²) in [4.78, 5) is 23.5. The Morgan fingerprint density at radius 1 is 0.968 bits per heavy atom. The molecular formula is C25H24ClN3O2. The topological polar surface area (TPSA) is 66.3 Å². The van der Waals surface area contributed by atoms with Gasteiger partial charge < -0.3 is 10.0 Å². The van der Waals surface area contributed by atoms with Crippen LogP contribution in [0.25, 0.3) is 22.3 Å². The molecule has 1 aromatic carbocycles. The fourth-order valence-corrected chi connectivity index (χ4v) is 4.40. The maximum atomic E-state index is 12.8. The van der Waals surface area contributed by atoms with E-state index in [2.05, 4.69) is 22.1 Å². The van der Waals surface area contributed by atoms with Crippen LogP contribution < -0.4 is 0 Å². The molecule has 1 saturated carbocycles. The average molecular weight is 434 g/mol. The summed E-state index contributed by atoms with van der Waals surface area (Å²) in [5, 5.41) is 10.2. The number of carbonyl (C=O) groups excluding carboxylic acids is 1. The minimum Gasteiger partial charge on any atom is -0.393 e. The van der Waals surface area contributed by atoms with Crippen LogP contribution in [0.4, 0.5) is 0 Å². The van der Waals surface area contributed by atoms with Gasteiger partial charge in [0.25, 0.3) is 5.91 Å². The zero-order valence-electron chi connectivity index (χ0n) is 17.2. The van der Waals surface area contributed by atoms with Gasteiger partial charge in [-0.05, 0) is 61.6 Å². The van der Waals surface area contributed by atoms with Gasteiger partial charge in [-0.3, -0.25) is 14.8 Å². The van der Waals surface area contributed by atoms with Gasteiger partial charge in [-0.25, -0.2) is 0 Å². The van der Waals surface area contributed by atoms with E-state index in [0.717, 1.165) is 27.9 Å². The number of hydrogen-bond acceptors (Lipinski definition) is 4. The molecule has 3 aromatic rings. The van der Waals surface area contributed by atoms with Crippen LogP contribution >= 0.6 is 11.6 Å². The zero-order chi connectivity index (χ0) is 21.4. The molecule has 0 bridgehead atoms. The van der Waals surface area contributed by atoms with Crippen molar-refractivity contribution in [3.8, 4) is 22.3 Å². The van der Waals surface area contributed by atoms with Crippen molar-refractivity contribution in [1.82, 2.24) is 14.9 Å². The van der Waals surface area contributed by atoms with E-state index in [1.54, 1.807) is 17.2 Å². The number of hydrogen-bond donors (Lipinski definition) is 1. The molecule has 0 unspecified atom stereocenters. The molecule has 1 saturated heterocycles. The second-order valence-electron chi connectivity index (χ2n) is 8.42. The number of benzene rings is 1. The van der Waals surface area contributed by atoms with Crippen LogP contribution in [0, 0.1) is 0 Å². The Hall–Kier alpha value is -2.76. The third-order valence-corrected chi connectivity index (χ3v) is 6.44. The van der Waals surface area contributed by atoms with Crippen molar-refractivity contribution in [3.05, 3.63) is 71.3 Å². The minimum absolute atomic E-state index is 0.0448.